The lowest BCUT2D eigenvalue weighted by Crippen LogP contribution is -2.49. The number of amides is 1. The fourth-order valence-corrected chi connectivity index (χ4v) is 3.32. The molecule has 1 saturated heterocycles. The molecular weight excluding hydrogens is 409 g/mol. The molecule has 152 valence electrons. The molecule has 7 nitrogen and oxygen atoms in total. The number of anilines is 1. The van der Waals surface area contributed by atoms with E-state index in [1.165, 1.54) is 6.07 Å². The van der Waals surface area contributed by atoms with E-state index in [0.717, 1.165) is 5.56 Å². The molecule has 0 spiro atoms. The zero-order valence-electron chi connectivity index (χ0n) is 15.1. The van der Waals surface area contributed by atoms with Crippen LogP contribution in [0.2, 0.25) is 5.02 Å². The molecular formula is C18H16ClF3N6O. The number of rotatable bonds is 3. The van der Waals surface area contributed by atoms with Crippen molar-refractivity contribution in [2.45, 2.75) is 12.6 Å². The summed E-state index contributed by atoms with van der Waals surface area (Å²) in [7, 11) is 0. The predicted octanol–water partition coefficient (Wildman–Crippen LogP) is 2.69. The lowest BCUT2D eigenvalue weighted by atomic mass is 10.1. The maximum atomic E-state index is 13.0. The number of piperazine rings is 1. The van der Waals surface area contributed by atoms with Crippen molar-refractivity contribution in [3.05, 3.63) is 52.8 Å². The number of fused-ring (bicyclic) bond motifs is 1. The Morgan fingerprint density at radius 2 is 1.69 bits per heavy atom. The molecule has 0 atom stereocenters. The van der Waals surface area contributed by atoms with Gasteiger partial charge < -0.3 is 9.80 Å². The Morgan fingerprint density at radius 1 is 1.00 bits per heavy atom. The highest BCUT2D eigenvalue weighted by molar-refractivity contribution is 6.30. The van der Waals surface area contributed by atoms with Crippen LogP contribution >= 0.6 is 11.6 Å². The Morgan fingerprint density at radius 3 is 2.34 bits per heavy atom. The van der Waals surface area contributed by atoms with Crippen LogP contribution in [0.1, 0.15) is 11.4 Å². The maximum absolute atomic E-state index is 13.0. The Kier molecular flexibility index (Phi) is 5.03. The van der Waals surface area contributed by atoms with Crippen LogP contribution in [0.4, 0.5) is 19.0 Å². The molecule has 4 rings (SSSR count). The molecule has 1 aromatic carbocycles. The molecule has 0 saturated carbocycles. The number of benzene rings is 1. The standard InChI is InChI=1S/C18H16ClF3N6O/c19-13-3-1-12(2-4-13)11-16(29)27-9-7-26(8-10-27)15-6-5-14-23-24-17(18(20,21)22)28(14)25-15/h1-6H,7-11H2. The molecule has 0 radical (unpaired) electrons. The minimum Gasteiger partial charge on any atom is -0.352 e. The van der Waals surface area contributed by atoms with Crippen LogP contribution in [0, 0.1) is 0 Å². The molecule has 11 heteroatoms. The number of aromatic nitrogens is 4. The molecule has 3 heterocycles. The summed E-state index contributed by atoms with van der Waals surface area (Å²) in [5.41, 5.74) is 0.902. The average molecular weight is 425 g/mol. The number of carbonyl (C=O) groups excluding carboxylic acids is 1. The van der Waals surface area contributed by atoms with Crippen molar-refractivity contribution < 1.29 is 18.0 Å². The van der Waals surface area contributed by atoms with Gasteiger partial charge in [-0.25, -0.2) is 0 Å². The van der Waals surface area contributed by atoms with Gasteiger partial charge in [-0.05, 0) is 29.8 Å². The first-order valence-electron chi connectivity index (χ1n) is 8.88. The monoisotopic (exact) mass is 424 g/mol. The van der Waals surface area contributed by atoms with Crippen LogP contribution < -0.4 is 4.90 Å². The fourth-order valence-electron chi connectivity index (χ4n) is 3.20. The summed E-state index contributed by atoms with van der Waals surface area (Å²) < 4.78 is 39.8. The number of nitrogens with zero attached hydrogens (tertiary/aromatic N) is 6. The molecule has 0 N–H and O–H groups in total. The molecule has 1 fully saturated rings. The van der Waals surface area contributed by atoms with Gasteiger partial charge in [-0.1, -0.05) is 23.7 Å². The average Bonchev–Trinajstić information content (AvgIpc) is 3.13. The first kappa shape index (κ1) is 19.4. The summed E-state index contributed by atoms with van der Waals surface area (Å²) in [5.74, 6) is -0.785. The van der Waals surface area contributed by atoms with Gasteiger partial charge in [0.05, 0.1) is 6.42 Å². The van der Waals surface area contributed by atoms with Gasteiger partial charge >= 0.3 is 6.18 Å². The van der Waals surface area contributed by atoms with E-state index in [2.05, 4.69) is 15.3 Å². The topological polar surface area (TPSA) is 66.6 Å². The van der Waals surface area contributed by atoms with Crippen molar-refractivity contribution in [1.82, 2.24) is 24.7 Å². The Bertz CT molecular complexity index is 1030. The number of carbonyl (C=O) groups is 1. The van der Waals surface area contributed by atoms with Crippen molar-refractivity contribution in [2.75, 3.05) is 31.1 Å². The lowest BCUT2D eigenvalue weighted by Gasteiger charge is -2.35. The minimum atomic E-state index is -4.64. The molecule has 1 aliphatic heterocycles. The van der Waals surface area contributed by atoms with E-state index in [9.17, 15) is 18.0 Å². The third-order valence-corrected chi connectivity index (χ3v) is 4.98. The summed E-state index contributed by atoms with van der Waals surface area (Å²) in [6.45, 7) is 1.85. The van der Waals surface area contributed by atoms with Gasteiger partial charge in [0, 0.05) is 31.2 Å². The van der Waals surface area contributed by atoms with Gasteiger partial charge in [0.1, 0.15) is 5.82 Å². The van der Waals surface area contributed by atoms with E-state index in [4.69, 9.17) is 11.6 Å². The number of hydrogen-bond acceptors (Lipinski definition) is 5. The van der Waals surface area contributed by atoms with Gasteiger partial charge in [-0.3, -0.25) is 4.79 Å². The highest BCUT2D eigenvalue weighted by Crippen LogP contribution is 2.28. The first-order chi connectivity index (χ1) is 13.8. The maximum Gasteiger partial charge on any atom is 0.453 e. The minimum absolute atomic E-state index is 0.00597. The second kappa shape index (κ2) is 7.51. The van der Waals surface area contributed by atoms with E-state index in [-0.39, 0.29) is 18.0 Å². The number of alkyl halides is 3. The normalized spacial score (nSPS) is 15.2. The molecule has 29 heavy (non-hydrogen) atoms. The predicted molar refractivity (Wildman–Crippen MR) is 99.7 cm³/mol. The van der Waals surface area contributed by atoms with E-state index >= 15 is 0 Å². The van der Waals surface area contributed by atoms with Crippen LogP contribution in [-0.4, -0.2) is 56.8 Å². The highest BCUT2D eigenvalue weighted by Gasteiger charge is 2.38. The quantitative estimate of drug-likeness (QED) is 0.646. The van der Waals surface area contributed by atoms with E-state index in [1.54, 1.807) is 23.1 Å². The number of hydrogen-bond donors (Lipinski definition) is 0. The molecule has 0 bridgehead atoms. The van der Waals surface area contributed by atoms with Crippen molar-refractivity contribution in [3.8, 4) is 0 Å². The van der Waals surface area contributed by atoms with E-state index in [0.29, 0.717) is 41.5 Å². The Hall–Kier alpha value is -2.88. The van der Waals surface area contributed by atoms with Gasteiger partial charge in [0.2, 0.25) is 5.91 Å². The van der Waals surface area contributed by atoms with Crippen molar-refractivity contribution in [3.63, 3.8) is 0 Å². The van der Waals surface area contributed by atoms with E-state index in [1.807, 2.05) is 17.0 Å². The number of halogens is 4. The summed E-state index contributed by atoms with van der Waals surface area (Å²) >= 11 is 5.86. The van der Waals surface area contributed by atoms with Gasteiger partial charge in [-0.15, -0.1) is 15.3 Å². The molecule has 1 aliphatic rings. The SMILES string of the molecule is O=C(Cc1ccc(Cl)cc1)N1CCN(c2ccc3nnc(C(F)(F)F)n3n2)CC1. The van der Waals surface area contributed by atoms with Crippen molar-refractivity contribution in [1.29, 1.82) is 0 Å². The zero-order chi connectivity index (χ0) is 20.6. The van der Waals surface area contributed by atoms with Crippen LogP contribution in [0.5, 0.6) is 0 Å². The molecule has 0 unspecified atom stereocenters. The third-order valence-electron chi connectivity index (χ3n) is 4.73. The van der Waals surface area contributed by atoms with Crippen LogP contribution in [0.25, 0.3) is 5.65 Å². The van der Waals surface area contributed by atoms with Gasteiger partial charge in [0.25, 0.3) is 5.82 Å². The van der Waals surface area contributed by atoms with Crippen LogP contribution in [-0.2, 0) is 17.4 Å². The molecule has 3 aromatic rings. The van der Waals surface area contributed by atoms with Gasteiger partial charge in [-0.2, -0.15) is 17.7 Å². The Labute approximate surface area is 168 Å². The second-order valence-electron chi connectivity index (χ2n) is 6.65. The zero-order valence-corrected chi connectivity index (χ0v) is 15.9. The third kappa shape index (κ3) is 4.12. The summed E-state index contributed by atoms with van der Waals surface area (Å²) in [5, 5.41) is 11.3. The van der Waals surface area contributed by atoms with Crippen LogP contribution in [0.15, 0.2) is 36.4 Å². The van der Waals surface area contributed by atoms with Gasteiger partial charge in [0.15, 0.2) is 5.65 Å². The fraction of sp³-hybridized carbons (Fsp3) is 0.333. The summed E-state index contributed by atoms with van der Waals surface area (Å²) in [4.78, 5) is 16.1. The second-order valence-corrected chi connectivity index (χ2v) is 7.09. The summed E-state index contributed by atoms with van der Waals surface area (Å²) in [6, 6.07) is 10.2. The smallest absolute Gasteiger partial charge is 0.352 e. The Balaban J connectivity index is 1.42. The first-order valence-corrected chi connectivity index (χ1v) is 9.26. The van der Waals surface area contributed by atoms with E-state index < -0.39 is 12.0 Å². The summed E-state index contributed by atoms with van der Waals surface area (Å²) in [6.07, 6.45) is -4.37. The highest BCUT2D eigenvalue weighted by atomic mass is 35.5. The van der Waals surface area contributed by atoms with Crippen molar-refractivity contribution in [2.24, 2.45) is 0 Å². The molecule has 2 aromatic heterocycles. The largest absolute Gasteiger partial charge is 0.453 e. The molecule has 1 amide bonds. The molecule has 0 aliphatic carbocycles. The van der Waals surface area contributed by atoms with Crippen LogP contribution in [0.3, 0.4) is 0 Å². The van der Waals surface area contributed by atoms with Crippen molar-refractivity contribution >= 4 is 29.0 Å². The lowest BCUT2D eigenvalue weighted by molar-refractivity contribution is -0.146.